The van der Waals surface area contributed by atoms with Crippen molar-refractivity contribution < 1.29 is 23.9 Å². The molecule has 0 unspecified atom stereocenters. The van der Waals surface area contributed by atoms with Crippen molar-refractivity contribution in [1.82, 2.24) is 15.6 Å². The van der Waals surface area contributed by atoms with Crippen LogP contribution in [-0.2, 0) is 25.5 Å². The topological polar surface area (TPSA) is 107 Å². The van der Waals surface area contributed by atoms with Crippen molar-refractivity contribution in [2.45, 2.75) is 19.8 Å². The molecule has 0 radical (unpaired) electrons. The van der Waals surface area contributed by atoms with Crippen molar-refractivity contribution in [3.8, 4) is 0 Å². The number of aromatic nitrogens is 1. The lowest BCUT2D eigenvalue weighted by molar-refractivity contribution is -0.141. The number of ether oxygens (including phenoxy) is 2. The molecule has 1 aromatic rings. The number of methoxy groups -OCH3 is 1. The summed E-state index contributed by atoms with van der Waals surface area (Å²) < 4.78 is 9.53. The Morgan fingerprint density at radius 2 is 1.92 bits per heavy atom. The molecule has 0 aromatic carbocycles. The van der Waals surface area contributed by atoms with Crippen LogP contribution in [0.1, 0.15) is 28.8 Å². The summed E-state index contributed by atoms with van der Waals surface area (Å²) in [5.74, 6) is -2.12. The van der Waals surface area contributed by atoms with Crippen LogP contribution in [0.5, 0.6) is 0 Å². The minimum Gasteiger partial charge on any atom is -0.459 e. The molecule has 1 aromatic heterocycles. The Morgan fingerprint density at radius 3 is 2.56 bits per heavy atom. The molecule has 8 nitrogen and oxygen atoms in total. The molecule has 9 heteroatoms. The van der Waals surface area contributed by atoms with Gasteiger partial charge in [-0.3, -0.25) is 9.59 Å². The summed E-state index contributed by atoms with van der Waals surface area (Å²) in [6.07, 6.45) is 1.71. The third kappa shape index (κ3) is 6.86. The normalized spacial score (nSPS) is 10.0. The van der Waals surface area contributed by atoms with E-state index in [-0.39, 0.29) is 30.3 Å². The zero-order valence-corrected chi connectivity index (χ0v) is 15.0. The largest absolute Gasteiger partial charge is 0.459 e. The van der Waals surface area contributed by atoms with Gasteiger partial charge in [0, 0.05) is 12.5 Å². The SMILES string of the molecule is C=C(NC(=O)c1csc(CCC)n1)C(=O)NC(=C)C(=O)OCCOC. The summed E-state index contributed by atoms with van der Waals surface area (Å²) in [4.78, 5) is 39.7. The Balaban J connectivity index is 2.49. The standard InChI is InChI=1S/C16H21N3O5S/c1-5-6-13-19-12(9-25-13)15(21)17-10(2)14(20)18-11(3)16(22)24-8-7-23-4/h9H,2-3,5-8H2,1,4H3,(H,17,21)(H,18,20). The van der Waals surface area contributed by atoms with Crippen LogP contribution in [0.4, 0.5) is 0 Å². The number of nitrogens with one attached hydrogen (secondary N) is 2. The molecule has 0 bridgehead atoms. The fourth-order valence-electron chi connectivity index (χ4n) is 1.57. The number of aryl methyl sites for hydroxylation is 1. The highest BCUT2D eigenvalue weighted by Gasteiger charge is 2.18. The molecular formula is C16H21N3O5S. The molecule has 1 heterocycles. The van der Waals surface area contributed by atoms with E-state index in [1.54, 1.807) is 5.38 Å². The van der Waals surface area contributed by atoms with Gasteiger partial charge >= 0.3 is 5.97 Å². The Labute approximate surface area is 149 Å². The third-order valence-corrected chi connectivity index (χ3v) is 3.73. The monoisotopic (exact) mass is 367 g/mol. The van der Waals surface area contributed by atoms with E-state index >= 15 is 0 Å². The average molecular weight is 367 g/mol. The Hall–Kier alpha value is -2.52. The Bertz CT molecular complexity index is 668. The zero-order valence-electron chi connectivity index (χ0n) is 14.2. The number of carbonyl (C=O) groups excluding carboxylic acids is 3. The van der Waals surface area contributed by atoms with Gasteiger partial charge in [-0.25, -0.2) is 9.78 Å². The summed E-state index contributed by atoms with van der Waals surface area (Å²) in [6, 6.07) is 0. The fourth-order valence-corrected chi connectivity index (χ4v) is 2.45. The van der Waals surface area contributed by atoms with Crippen LogP contribution in [0.2, 0.25) is 0 Å². The van der Waals surface area contributed by atoms with Gasteiger partial charge in [0.25, 0.3) is 11.8 Å². The summed E-state index contributed by atoms with van der Waals surface area (Å²) in [7, 11) is 1.46. The summed E-state index contributed by atoms with van der Waals surface area (Å²) in [5, 5.41) is 6.99. The third-order valence-electron chi connectivity index (χ3n) is 2.82. The predicted octanol–water partition coefficient (Wildman–Crippen LogP) is 1.16. The second-order valence-corrected chi connectivity index (χ2v) is 5.81. The van der Waals surface area contributed by atoms with Crippen LogP contribution in [0, 0.1) is 0 Å². The van der Waals surface area contributed by atoms with Gasteiger partial charge in [-0.1, -0.05) is 20.1 Å². The molecule has 0 aliphatic heterocycles. The highest BCUT2D eigenvalue weighted by molar-refractivity contribution is 7.09. The lowest BCUT2D eigenvalue weighted by Gasteiger charge is -2.10. The van der Waals surface area contributed by atoms with Gasteiger partial charge in [-0.2, -0.15) is 0 Å². The van der Waals surface area contributed by atoms with E-state index in [9.17, 15) is 14.4 Å². The predicted molar refractivity (Wildman–Crippen MR) is 92.8 cm³/mol. The molecule has 1 rings (SSSR count). The Kier molecular flexibility index (Phi) is 8.51. The number of carbonyl (C=O) groups is 3. The molecule has 2 amide bonds. The summed E-state index contributed by atoms with van der Waals surface area (Å²) in [5.41, 5.74) is -0.295. The highest BCUT2D eigenvalue weighted by atomic mass is 32.1. The molecule has 25 heavy (non-hydrogen) atoms. The molecule has 0 aliphatic carbocycles. The molecule has 2 N–H and O–H groups in total. The van der Waals surface area contributed by atoms with Gasteiger partial charge in [0.05, 0.1) is 17.3 Å². The summed E-state index contributed by atoms with van der Waals surface area (Å²) in [6.45, 7) is 9.15. The van der Waals surface area contributed by atoms with Gasteiger partial charge in [0.15, 0.2) is 0 Å². The number of esters is 1. The number of amides is 2. The molecule has 0 spiro atoms. The number of nitrogens with zero attached hydrogens (tertiary/aromatic N) is 1. The quantitative estimate of drug-likeness (QED) is 0.365. The van der Waals surface area contributed by atoms with E-state index in [1.165, 1.54) is 18.4 Å². The number of hydrogen-bond donors (Lipinski definition) is 2. The van der Waals surface area contributed by atoms with Gasteiger partial charge in [-0.05, 0) is 12.8 Å². The van der Waals surface area contributed by atoms with Crippen molar-refractivity contribution in [1.29, 1.82) is 0 Å². The number of hydrogen-bond acceptors (Lipinski definition) is 7. The lowest BCUT2D eigenvalue weighted by Crippen LogP contribution is -2.36. The first-order valence-corrected chi connectivity index (χ1v) is 8.38. The van der Waals surface area contributed by atoms with E-state index < -0.39 is 17.8 Å². The van der Waals surface area contributed by atoms with Crippen LogP contribution in [0.3, 0.4) is 0 Å². The maximum absolute atomic E-state index is 12.0. The van der Waals surface area contributed by atoms with Crippen molar-refractivity contribution in [3.05, 3.63) is 40.6 Å². The van der Waals surface area contributed by atoms with Crippen LogP contribution in [0.25, 0.3) is 0 Å². The van der Waals surface area contributed by atoms with Gasteiger partial charge < -0.3 is 20.1 Å². The molecule has 0 aliphatic rings. The van der Waals surface area contributed by atoms with Gasteiger partial charge in [0.2, 0.25) is 0 Å². The molecule has 0 saturated carbocycles. The van der Waals surface area contributed by atoms with E-state index in [1.807, 2.05) is 6.92 Å². The van der Waals surface area contributed by atoms with E-state index in [0.29, 0.717) is 0 Å². The van der Waals surface area contributed by atoms with E-state index in [2.05, 4.69) is 28.8 Å². The van der Waals surface area contributed by atoms with Gasteiger partial charge in [-0.15, -0.1) is 11.3 Å². The average Bonchev–Trinajstić information content (AvgIpc) is 3.03. The van der Waals surface area contributed by atoms with E-state index in [4.69, 9.17) is 9.47 Å². The maximum atomic E-state index is 12.0. The maximum Gasteiger partial charge on any atom is 0.354 e. The van der Waals surface area contributed by atoms with Crippen molar-refractivity contribution >= 4 is 29.1 Å². The van der Waals surface area contributed by atoms with Crippen LogP contribution >= 0.6 is 11.3 Å². The van der Waals surface area contributed by atoms with E-state index in [0.717, 1.165) is 17.8 Å². The number of thiazole rings is 1. The smallest absolute Gasteiger partial charge is 0.354 e. The minimum atomic E-state index is -0.798. The lowest BCUT2D eigenvalue weighted by atomic mass is 10.3. The molecular weight excluding hydrogens is 346 g/mol. The first-order chi connectivity index (χ1) is 11.9. The van der Waals surface area contributed by atoms with Crippen molar-refractivity contribution in [3.63, 3.8) is 0 Å². The fraction of sp³-hybridized carbons (Fsp3) is 0.375. The Morgan fingerprint density at radius 1 is 1.20 bits per heavy atom. The molecule has 0 fully saturated rings. The molecule has 136 valence electrons. The van der Waals surface area contributed by atoms with Crippen LogP contribution in [-0.4, -0.2) is 43.1 Å². The minimum absolute atomic E-state index is 0.0336. The second kappa shape index (κ2) is 10.4. The first-order valence-electron chi connectivity index (χ1n) is 7.50. The first kappa shape index (κ1) is 20.5. The zero-order chi connectivity index (χ0) is 18.8. The number of rotatable bonds is 10. The van der Waals surface area contributed by atoms with Crippen LogP contribution < -0.4 is 10.6 Å². The molecule has 0 saturated heterocycles. The highest BCUT2D eigenvalue weighted by Crippen LogP contribution is 2.11. The van der Waals surface area contributed by atoms with Crippen LogP contribution in [0.15, 0.2) is 29.9 Å². The van der Waals surface area contributed by atoms with Crippen molar-refractivity contribution in [2.75, 3.05) is 20.3 Å². The van der Waals surface area contributed by atoms with Gasteiger partial charge in [0.1, 0.15) is 18.0 Å². The summed E-state index contributed by atoms with van der Waals surface area (Å²) >= 11 is 1.37. The molecule has 0 atom stereocenters. The van der Waals surface area contributed by atoms with Crippen molar-refractivity contribution in [2.24, 2.45) is 0 Å². The second-order valence-electron chi connectivity index (χ2n) is 4.87.